The summed E-state index contributed by atoms with van der Waals surface area (Å²) in [6.45, 7) is 4.36. The molecule has 0 atom stereocenters. The van der Waals surface area contributed by atoms with Crippen molar-refractivity contribution in [3.8, 4) is 0 Å². The summed E-state index contributed by atoms with van der Waals surface area (Å²) in [5, 5.41) is 6.48. The van der Waals surface area contributed by atoms with E-state index in [-0.39, 0.29) is 29.9 Å². The van der Waals surface area contributed by atoms with E-state index in [0.717, 1.165) is 32.0 Å². The van der Waals surface area contributed by atoms with Crippen LogP contribution < -0.4 is 15.5 Å². The molecule has 2 heterocycles. The van der Waals surface area contributed by atoms with E-state index >= 15 is 0 Å². The number of hydrogen-bond donors (Lipinski definition) is 2. The number of aliphatic imine (C=N–C) groups is 1. The number of nitrogens with zero attached hydrogens (tertiary/aromatic N) is 4. The normalized spacial score (nSPS) is 14.2. The van der Waals surface area contributed by atoms with E-state index in [9.17, 15) is 4.79 Å². The molecule has 1 amide bonds. The van der Waals surface area contributed by atoms with E-state index in [0.29, 0.717) is 25.5 Å². The lowest BCUT2D eigenvalue weighted by molar-refractivity contribution is -0.131. The number of piperazine rings is 1. The van der Waals surface area contributed by atoms with Crippen LogP contribution in [0, 0.1) is 0 Å². The smallest absolute Gasteiger partial charge is 0.224 e. The van der Waals surface area contributed by atoms with Crippen molar-refractivity contribution >= 4 is 41.7 Å². The van der Waals surface area contributed by atoms with Crippen molar-refractivity contribution in [3.05, 3.63) is 60.3 Å². The summed E-state index contributed by atoms with van der Waals surface area (Å²) in [6, 6.07) is 16.1. The van der Waals surface area contributed by atoms with Crippen molar-refractivity contribution in [3.63, 3.8) is 0 Å². The van der Waals surface area contributed by atoms with Gasteiger partial charge in [0, 0.05) is 58.9 Å². The topological polar surface area (TPSA) is 72.9 Å². The Bertz CT molecular complexity index is 763. The van der Waals surface area contributed by atoms with Crippen LogP contribution in [-0.2, 0) is 11.3 Å². The number of anilines is 1. The fourth-order valence-corrected chi connectivity index (χ4v) is 3.17. The van der Waals surface area contributed by atoms with Crippen LogP contribution in [0.15, 0.2) is 59.7 Å². The summed E-state index contributed by atoms with van der Waals surface area (Å²) in [5.41, 5.74) is 1.19. The molecule has 0 saturated carbocycles. The molecule has 1 aromatic carbocycles. The summed E-state index contributed by atoms with van der Waals surface area (Å²) in [7, 11) is 1.74. The van der Waals surface area contributed by atoms with Crippen LogP contribution >= 0.6 is 24.0 Å². The number of guanidine groups is 1. The molecule has 1 saturated heterocycles. The molecular weight excluding hydrogens is 479 g/mol. The molecule has 1 aliphatic heterocycles. The highest BCUT2D eigenvalue weighted by molar-refractivity contribution is 14.0. The zero-order chi connectivity index (χ0) is 19.6. The van der Waals surface area contributed by atoms with Crippen LogP contribution in [0.5, 0.6) is 0 Å². The van der Waals surface area contributed by atoms with Crippen LogP contribution in [0.4, 0.5) is 5.82 Å². The molecule has 1 fully saturated rings. The first-order valence-electron chi connectivity index (χ1n) is 9.68. The maximum atomic E-state index is 12.5. The third kappa shape index (κ3) is 7.19. The van der Waals surface area contributed by atoms with Crippen molar-refractivity contribution in [1.29, 1.82) is 0 Å². The molecule has 0 bridgehead atoms. The first kappa shape index (κ1) is 22.9. The van der Waals surface area contributed by atoms with Gasteiger partial charge in [0.05, 0.1) is 0 Å². The van der Waals surface area contributed by atoms with Crippen LogP contribution in [0.3, 0.4) is 0 Å². The van der Waals surface area contributed by atoms with Crippen LogP contribution in [0.1, 0.15) is 12.0 Å². The van der Waals surface area contributed by atoms with Gasteiger partial charge in [0.2, 0.25) is 5.91 Å². The van der Waals surface area contributed by atoms with Crippen molar-refractivity contribution in [2.24, 2.45) is 4.99 Å². The number of carbonyl (C=O) groups excluding carboxylic acids is 1. The first-order chi connectivity index (χ1) is 13.8. The van der Waals surface area contributed by atoms with E-state index in [2.05, 4.69) is 37.6 Å². The SMILES string of the molecule is CN=C(NCCC(=O)N1CCN(c2ccccn2)CC1)NCc1ccccc1.I. The minimum absolute atomic E-state index is 0. The van der Waals surface area contributed by atoms with Gasteiger partial charge in [-0.3, -0.25) is 9.79 Å². The highest BCUT2D eigenvalue weighted by Crippen LogP contribution is 2.12. The van der Waals surface area contributed by atoms with Crippen molar-refractivity contribution in [1.82, 2.24) is 20.5 Å². The quantitative estimate of drug-likeness (QED) is 0.356. The molecule has 0 unspecified atom stereocenters. The molecule has 0 spiro atoms. The molecule has 2 aromatic rings. The average Bonchev–Trinajstić information content (AvgIpc) is 2.77. The Morgan fingerprint density at radius 1 is 1.03 bits per heavy atom. The molecule has 2 N–H and O–H groups in total. The van der Waals surface area contributed by atoms with Gasteiger partial charge >= 0.3 is 0 Å². The summed E-state index contributed by atoms with van der Waals surface area (Å²) in [6.07, 6.45) is 2.26. The Kier molecular flexibility index (Phi) is 9.69. The second kappa shape index (κ2) is 12.3. The predicted molar refractivity (Wildman–Crippen MR) is 128 cm³/mol. The second-order valence-corrected chi connectivity index (χ2v) is 6.64. The minimum Gasteiger partial charge on any atom is -0.356 e. The molecule has 29 heavy (non-hydrogen) atoms. The number of amides is 1. The highest BCUT2D eigenvalue weighted by Gasteiger charge is 2.21. The number of hydrogen-bond acceptors (Lipinski definition) is 4. The Morgan fingerprint density at radius 2 is 1.76 bits per heavy atom. The first-order valence-corrected chi connectivity index (χ1v) is 9.68. The molecule has 3 rings (SSSR count). The number of nitrogens with one attached hydrogen (secondary N) is 2. The van der Waals surface area contributed by atoms with Gasteiger partial charge in [-0.15, -0.1) is 24.0 Å². The molecule has 7 nitrogen and oxygen atoms in total. The number of aromatic nitrogens is 1. The van der Waals surface area contributed by atoms with Gasteiger partial charge in [0.25, 0.3) is 0 Å². The van der Waals surface area contributed by atoms with E-state index in [1.54, 1.807) is 13.2 Å². The Hall–Kier alpha value is -2.36. The van der Waals surface area contributed by atoms with Gasteiger partial charge < -0.3 is 20.4 Å². The van der Waals surface area contributed by atoms with Crippen molar-refractivity contribution in [2.45, 2.75) is 13.0 Å². The van der Waals surface area contributed by atoms with E-state index in [1.807, 2.05) is 41.3 Å². The highest BCUT2D eigenvalue weighted by atomic mass is 127. The maximum absolute atomic E-state index is 12.5. The molecule has 1 aliphatic rings. The van der Waals surface area contributed by atoms with Gasteiger partial charge in [-0.2, -0.15) is 0 Å². The summed E-state index contributed by atoms with van der Waals surface area (Å²) in [5.74, 6) is 1.85. The van der Waals surface area contributed by atoms with E-state index < -0.39 is 0 Å². The molecule has 0 aliphatic carbocycles. The lowest BCUT2D eigenvalue weighted by Crippen LogP contribution is -2.49. The van der Waals surface area contributed by atoms with Gasteiger partial charge in [-0.1, -0.05) is 36.4 Å². The second-order valence-electron chi connectivity index (χ2n) is 6.64. The third-order valence-electron chi connectivity index (χ3n) is 4.76. The van der Waals surface area contributed by atoms with Gasteiger partial charge in [-0.25, -0.2) is 4.98 Å². The molecule has 1 aromatic heterocycles. The minimum atomic E-state index is 0. The van der Waals surface area contributed by atoms with Gasteiger partial charge in [-0.05, 0) is 17.7 Å². The fraction of sp³-hybridized carbons (Fsp3) is 0.381. The zero-order valence-corrected chi connectivity index (χ0v) is 19.1. The average molecular weight is 508 g/mol. The Morgan fingerprint density at radius 3 is 2.41 bits per heavy atom. The van der Waals surface area contributed by atoms with E-state index in [1.165, 1.54) is 5.56 Å². The third-order valence-corrected chi connectivity index (χ3v) is 4.76. The fourth-order valence-electron chi connectivity index (χ4n) is 3.17. The molecular formula is C21H29IN6O. The van der Waals surface area contributed by atoms with Gasteiger partial charge in [0.1, 0.15) is 5.82 Å². The maximum Gasteiger partial charge on any atom is 0.224 e. The number of rotatable bonds is 6. The summed E-state index contributed by atoms with van der Waals surface area (Å²) in [4.78, 5) is 25.2. The largest absolute Gasteiger partial charge is 0.356 e. The number of benzene rings is 1. The lowest BCUT2D eigenvalue weighted by atomic mass is 10.2. The lowest BCUT2D eigenvalue weighted by Gasteiger charge is -2.35. The van der Waals surface area contributed by atoms with Crippen molar-refractivity contribution < 1.29 is 4.79 Å². The summed E-state index contributed by atoms with van der Waals surface area (Å²) >= 11 is 0. The monoisotopic (exact) mass is 508 g/mol. The zero-order valence-electron chi connectivity index (χ0n) is 16.8. The van der Waals surface area contributed by atoms with Crippen molar-refractivity contribution in [2.75, 3.05) is 44.7 Å². The van der Waals surface area contributed by atoms with Crippen LogP contribution in [-0.4, -0.2) is 61.5 Å². The molecule has 156 valence electrons. The van der Waals surface area contributed by atoms with Crippen LogP contribution in [0.25, 0.3) is 0 Å². The number of halogens is 1. The Labute approximate surface area is 189 Å². The van der Waals surface area contributed by atoms with E-state index in [4.69, 9.17) is 0 Å². The van der Waals surface area contributed by atoms with Gasteiger partial charge in [0.15, 0.2) is 5.96 Å². The molecule has 0 radical (unpaired) electrons. The Balaban J connectivity index is 0.00000300. The number of pyridine rings is 1. The number of carbonyl (C=O) groups is 1. The predicted octanol–water partition coefficient (Wildman–Crippen LogP) is 2.10. The van der Waals surface area contributed by atoms with Crippen LogP contribution in [0.2, 0.25) is 0 Å². The standard InChI is InChI=1S/C21H28N6O.HI/c1-22-21(25-17-18-7-3-2-4-8-18)24-12-10-20(28)27-15-13-26(14-16-27)19-9-5-6-11-23-19;/h2-9,11H,10,12-17H2,1H3,(H2,22,24,25);1H. The molecule has 8 heteroatoms. The summed E-state index contributed by atoms with van der Waals surface area (Å²) < 4.78 is 0.